The van der Waals surface area contributed by atoms with Gasteiger partial charge in [-0.05, 0) is 59.7 Å². The summed E-state index contributed by atoms with van der Waals surface area (Å²) >= 11 is 1.61. The van der Waals surface area contributed by atoms with Crippen LogP contribution in [0.1, 0.15) is 65.1 Å². The first kappa shape index (κ1) is 30.0. The van der Waals surface area contributed by atoms with Gasteiger partial charge in [0, 0.05) is 43.8 Å². The van der Waals surface area contributed by atoms with Gasteiger partial charge in [-0.15, -0.1) is 11.3 Å². The maximum absolute atomic E-state index is 11.1. The van der Waals surface area contributed by atoms with Gasteiger partial charge in [0.2, 0.25) is 0 Å². The molecule has 1 heterocycles. The minimum absolute atomic E-state index is 0. The molecule has 198 valence electrons. The van der Waals surface area contributed by atoms with Gasteiger partial charge in [-0.1, -0.05) is 67.8 Å². The van der Waals surface area contributed by atoms with Gasteiger partial charge in [0.15, 0.2) is 5.13 Å². The zero-order chi connectivity index (χ0) is 26.5. The molecule has 0 atom stereocenters. The van der Waals surface area contributed by atoms with Crippen molar-refractivity contribution in [3.8, 4) is 11.3 Å². The Morgan fingerprint density at radius 2 is 1.44 bits per heavy atom. The van der Waals surface area contributed by atoms with E-state index in [0.717, 1.165) is 34.4 Å². The molecule has 0 radical (unpaired) electrons. The molecule has 5 rings (SSSR count). The van der Waals surface area contributed by atoms with E-state index < -0.39 is 5.97 Å². The van der Waals surface area contributed by atoms with Crippen LogP contribution < -0.4 is 9.80 Å². The summed E-state index contributed by atoms with van der Waals surface area (Å²) in [4.78, 5) is 20.3. The Kier molecular flexibility index (Phi) is 10.8. The Bertz CT molecular complexity index is 1350. The molecule has 3 aromatic carbocycles. The molecule has 1 aliphatic carbocycles. The molecule has 0 unspecified atom stereocenters. The van der Waals surface area contributed by atoms with Crippen LogP contribution in [0.5, 0.6) is 0 Å². The first-order valence-electron chi connectivity index (χ1n) is 13.4. The number of hydrogen-bond acceptors (Lipinski definition) is 5. The van der Waals surface area contributed by atoms with Crippen LogP contribution in [-0.2, 0) is 13.1 Å². The topological polar surface area (TPSA) is 56.7 Å². The van der Waals surface area contributed by atoms with Crippen LogP contribution in [-0.4, -0.2) is 81.5 Å². The molecule has 1 fully saturated rings. The molecule has 4 aromatic rings. The Balaban J connectivity index is 0.00000353. The van der Waals surface area contributed by atoms with Crippen LogP contribution in [0.3, 0.4) is 0 Å². The van der Waals surface area contributed by atoms with Crippen molar-refractivity contribution in [2.24, 2.45) is 0 Å². The first-order valence-corrected chi connectivity index (χ1v) is 14.2. The molecule has 5 nitrogen and oxygen atoms in total. The van der Waals surface area contributed by atoms with Crippen molar-refractivity contribution in [2.45, 2.75) is 51.1 Å². The number of carboxylic acids is 1. The number of hydrogen-bond donors (Lipinski definition) is 1. The minimum atomic E-state index is -0.907. The molecule has 1 aliphatic rings. The molecule has 0 spiro atoms. The molecule has 1 aromatic heterocycles. The second-order valence-electron chi connectivity index (χ2n) is 10.4. The van der Waals surface area contributed by atoms with Crippen molar-refractivity contribution in [1.82, 2.24) is 4.98 Å². The zero-order valence-corrected chi connectivity index (χ0v) is 23.0. The van der Waals surface area contributed by atoms with Crippen LogP contribution in [0.15, 0.2) is 78.2 Å². The van der Waals surface area contributed by atoms with Crippen molar-refractivity contribution >= 4 is 79.5 Å². The van der Waals surface area contributed by atoms with E-state index >= 15 is 0 Å². The van der Waals surface area contributed by atoms with Crippen molar-refractivity contribution in [2.75, 3.05) is 23.9 Å². The number of aromatic carboxylic acids is 1. The molecule has 1 N–H and O–H groups in total. The average Bonchev–Trinajstić information content (AvgIpc) is 3.45. The fourth-order valence-electron chi connectivity index (χ4n) is 5.25. The third kappa shape index (κ3) is 7.81. The molecule has 39 heavy (non-hydrogen) atoms. The summed E-state index contributed by atoms with van der Waals surface area (Å²) in [7, 11) is 4.15. The molecule has 0 saturated heterocycles. The summed E-state index contributed by atoms with van der Waals surface area (Å²) < 4.78 is 0. The number of carbonyl (C=O) groups is 1. The normalized spacial score (nSPS) is 13.5. The fourth-order valence-corrected chi connectivity index (χ4v) is 6.05. The second-order valence-corrected chi connectivity index (χ2v) is 11.2. The number of thiazole rings is 1. The summed E-state index contributed by atoms with van der Waals surface area (Å²) in [6.07, 6.45) is 6.81. The van der Waals surface area contributed by atoms with E-state index in [0.29, 0.717) is 12.1 Å². The van der Waals surface area contributed by atoms with E-state index in [-0.39, 0.29) is 51.4 Å². The van der Waals surface area contributed by atoms with E-state index in [2.05, 4.69) is 70.8 Å². The van der Waals surface area contributed by atoms with E-state index in [1.165, 1.54) is 48.9 Å². The van der Waals surface area contributed by atoms with Gasteiger partial charge in [-0.2, -0.15) is 0 Å². The van der Waals surface area contributed by atoms with Gasteiger partial charge in [-0.3, -0.25) is 0 Å². The van der Waals surface area contributed by atoms with Crippen molar-refractivity contribution < 1.29 is 9.90 Å². The monoisotopic (exact) mass is 565 g/mol. The van der Waals surface area contributed by atoms with Crippen LogP contribution in [0.25, 0.3) is 11.3 Å². The number of anilines is 2. The first-order chi connectivity index (χ1) is 18.5. The molecule has 0 amide bonds. The van der Waals surface area contributed by atoms with Gasteiger partial charge in [0.1, 0.15) is 0 Å². The van der Waals surface area contributed by atoms with E-state index in [9.17, 15) is 4.79 Å². The van der Waals surface area contributed by atoms with Crippen molar-refractivity contribution in [3.05, 3.63) is 100 Å². The van der Waals surface area contributed by atoms with Gasteiger partial charge in [0.05, 0.1) is 11.3 Å². The molecular weight excluding hydrogens is 530 g/mol. The van der Waals surface area contributed by atoms with Gasteiger partial charge in [-0.25, -0.2) is 9.78 Å². The van der Waals surface area contributed by atoms with Crippen LogP contribution in [0, 0.1) is 0 Å². The molecular formula is C32H36KN3O2S. The number of rotatable bonds is 9. The summed E-state index contributed by atoms with van der Waals surface area (Å²) in [6, 6.07) is 24.9. The second kappa shape index (κ2) is 14.1. The van der Waals surface area contributed by atoms with Crippen LogP contribution >= 0.6 is 11.3 Å². The molecule has 0 aliphatic heterocycles. The Labute approximate surface area is 278 Å². The summed E-state index contributed by atoms with van der Waals surface area (Å²) in [6.45, 7) is 1.54. The average molecular weight is 566 g/mol. The third-order valence-corrected chi connectivity index (χ3v) is 8.47. The number of aromatic nitrogens is 1. The van der Waals surface area contributed by atoms with E-state index in [1.807, 2.05) is 19.2 Å². The summed E-state index contributed by atoms with van der Waals surface area (Å²) in [5.74, 6) is -0.158. The zero-order valence-electron chi connectivity index (χ0n) is 22.1. The predicted octanol–water partition coefficient (Wildman–Crippen LogP) is 7.18. The van der Waals surface area contributed by atoms with Crippen molar-refractivity contribution in [3.63, 3.8) is 0 Å². The number of benzene rings is 3. The third-order valence-electron chi connectivity index (χ3n) is 7.52. The fraction of sp³-hybridized carbons (Fsp3) is 0.312. The predicted molar refractivity (Wildman–Crippen MR) is 165 cm³/mol. The molecule has 0 bridgehead atoms. The van der Waals surface area contributed by atoms with Crippen LogP contribution in [0.2, 0.25) is 0 Å². The Morgan fingerprint density at radius 3 is 2.05 bits per heavy atom. The maximum atomic E-state index is 11.1. The van der Waals surface area contributed by atoms with E-state index in [1.54, 1.807) is 23.5 Å². The standard InChI is InChI=1S/C32H35N3O2S.K.H/c1-34(20-23-8-12-26(13-9-23)25-6-4-3-5-7-25)29-18-16-27(17-19-29)30-22-38-32(33-30)35(2)21-24-10-14-28(15-11-24)31(36)37;;/h8-19,22,25H,3-7,20-21H2,1-2H3,(H,36,37);;. The molecule has 1 saturated carbocycles. The van der Waals surface area contributed by atoms with Gasteiger partial charge < -0.3 is 14.9 Å². The van der Waals surface area contributed by atoms with Crippen LogP contribution in [0.4, 0.5) is 10.8 Å². The Hall–Kier alpha value is -2.00. The summed E-state index contributed by atoms with van der Waals surface area (Å²) in [5, 5.41) is 12.1. The summed E-state index contributed by atoms with van der Waals surface area (Å²) in [5.41, 5.74) is 7.43. The van der Waals surface area contributed by atoms with Crippen molar-refractivity contribution in [1.29, 1.82) is 0 Å². The van der Waals surface area contributed by atoms with Gasteiger partial charge >= 0.3 is 57.4 Å². The number of nitrogens with zero attached hydrogens (tertiary/aromatic N) is 3. The Morgan fingerprint density at radius 1 is 0.846 bits per heavy atom. The number of carboxylic acid groups (broad SMARTS) is 1. The van der Waals surface area contributed by atoms with E-state index in [4.69, 9.17) is 10.1 Å². The quantitative estimate of drug-likeness (QED) is 0.218. The van der Waals surface area contributed by atoms with Gasteiger partial charge in [0.25, 0.3) is 0 Å². The molecule has 7 heteroatoms. The SMILES string of the molecule is CN(Cc1ccc(C2CCCCC2)cc1)c1ccc(-c2csc(N(C)Cc3ccc(C(=O)O)cc3)n2)cc1.[KH].